The third-order valence-corrected chi connectivity index (χ3v) is 4.77. The molecule has 0 spiro atoms. The van der Waals surface area contributed by atoms with Crippen LogP contribution in [0, 0.1) is 5.92 Å². The summed E-state index contributed by atoms with van der Waals surface area (Å²) in [6, 6.07) is 1.92. The molecule has 4 heterocycles. The molecule has 9 heteroatoms. The van der Waals surface area contributed by atoms with E-state index in [0.717, 1.165) is 31.9 Å². The van der Waals surface area contributed by atoms with Crippen molar-refractivity contribution < 1.29 is 14.3 Å². The van der Waals surface area contributed by atoms with Gasteiger partial charge in [0.15, 0.2) is 5.69 Å². The first kappa shape index (κ1) is 16.2. The first-order valence-electron chi connectivity index (χ1n) is 8.57. The van der Waals surface area contributed by atoms with Crippen molar-refractivity contribution in [2.24, 2.45) is 13.0 Å². The number of rotatable bonds is 4. The number of amides is 1. The summed E-state index contributed by atoms with van der Waals surface area (Å²) in [6.45, 7) is 3.82. The molecule has 2 fully saturated rings. The monoisotopic (exact) mass is 346 g/mol. The van der Waals surface area contributed by atoms with E-state index in [-0.39, 0.29) is 12.0 Å². The topological polar surface area (TPSA) is 87.3 Å². The van der Waals surface area contributed by atoms with Gasteiger partial charge in [0.2, 0.25) is 0 Å². The van der Waals surface area contributed by atoms with E-state index in [1.807, 2.05) is 13.1 Å². The predicted molar refractivity (Wildman–Crippen MR) is 86.8 cm³/mol. The van der Waals surface area contributed by atoms with Crippen LogP contribution < -0.4 is 0 Å². The van der Waals surface area contributed by atoms with E-state index in [4.69, 9.17) is 9.47 Å². The van der Waals surface area contributed by atoms with Crippen LogP contribution in [0.2, 0.25) is 0 Å². The molecule has 0 aliphatic carbocycles. The highest BCUT2D eigenvalue weighted by Crippen LogP contribution is 2.22. The maximum atomic E-state index is 12.8. The van der Waals surface area contributed by atoms with E-state index < -0.39 is 0 Å². The largest absolute Gasteiger partial charge is 0.381 e. The van der Waals surface area contributed by atoms with Gasteiger partial charge in [-0.15, -0.1) is 5.10 Å². The van der Waals surface area contributed by atoms with Gasteiger partial charge in [-0.1, -0.05) is 5.21 Å². The van der Waals surface area contributed by atoms with E-state index in [9.17, 15) is 4.79 Å². The Labute approximate surface area is 145 Å². The molecule has 9 nitrogen and oxygen atoms in total. The van der Waals surface area contributed by atoms with Crippen LogP contribution in [0.15, 0.2) is 18.5 Å². The molecule has 2 aliphatic heterocycles. The fourth-order valence-corrected chi connectivity index (χ4v) is 3.35. The molecule has 2 atom stereocenters. The van der Waals surface area contributed by atoms with Crippen molar-refractivity contribution >= 4 is 5.91 Å². The Morgan fingerprint density at radius 2 is 2.32 bits per heavy atom. The summed E-state index contributed by atoms with van der Waals surface area (Å²) < 4.78 is 14.7. The number of hydrogen-bond donors (Lipinski definition) is 0. The van der Waals surface area contributed by atoms with Crippen molar-refractivity contribution in [3.05, 3.63) is 29.8 Å². The predicted octanol–water partition coefficient (Wildman–Crippen LogP) is 0.262. The van der Waals surface area contributed by atoms with Gasteiger partial charge in [0, 0.05) is 38.9 Å². The van der Waals surface area contributed by atoms with Gasteiger partial charge in [0.05, 0.1) is 31.6 Å². The molecule has 0 bridgehead atoms. The van der Waals surface area contributed by atoms with Gasteiger partial charge in [-0.05, 0) is 12.5 Å². The SMILES string of the molecule is Cn1nccc1C1CN(C(=O)c2cn(CC3CCOC3)nn2)CCO1. The van der Waals surface area contributed by atoms with Gasteiger partial charge >= 0.3 is 0 Å². The molecule has 0 N–H and O–H groups in total. The second-order valence-corrected chi connectivity index (χ2v) is 6.55. The zero-order valence-corrected chi connectivity index (χ0v) is 14.2. The Morgan fingerprint density at radius 1 is 1.40 bits per heavy atom. The average molecular weight is 346 g/mol. The normalized spacial score (nSPS) is 24.0. The van der Waals surface area contributed by atoms with Gasteiger partial charge in [0.1, 0.15) is 6.10 Å². The Kier molecular flexibility index (Phi) is 4.50. The molecule has 2 saturated heterocycles. The molecule has 4 rings (SSSR count). The van der Waals surface area contributed by atoms with Crippen LogP contribution in [0.3, 0.4) is 0 Å². The van der Waals surface area contributed by atoms with Gasteiger partial charge in [0.25, 0.3) is 5.91 Å². The quantitative estimate of drug-likeness (QED) is 0.789. The molecule has 2 aromatic rings. The summed E-state index contributed by atoms with van der Waals surface area (Å²) in [4.78, 5) is 14.5. The molecule has 2 unspecified atom stereocenters. The third-order valence-electron chi connectivity index (χ3n) is 4.77. The van der Waals surface area contributed by atoms with Crippen molar-refractivity contribution in [3.8, 4) is 0 Å². The number of aromatic nitrogens is 5. The fraction of sp³-hybridized carbons (Fsp3) is 0.625. The number of nitrogens with zero attached hydrogens (tertiary/aromatic N) is 6. The van der Waals surface area contributed by atoms with Gasteiger partial charge in [-0.2, -0.15) is 5.10 Å². The number of hydrogen-bond acceptors (Lipinski definition) is 6. The minimum absolute atomic E-state index is 0.107. The van der Waals surface area contributed by atoms with Gasteiger partial charge in [-0.25, -0.2) is 0 Å². The highest BCUT2D eigenvalue weighted by atomic mass is 16.5. The summed E-state index contributed by atoms with van der Waals surface area (Å²) in [5, 5.41) is 12.3. The van der Waals surface area contributed by atoms with Crippen LogP contribution in [-0.2, 0) is 23.1 Å². The number of carbonyl (C=O) groups is 1. The maximum Gasteiger partial charge on any atom is 0.276 e. The first-order valence-corrected chi connectivity index (χ1v) is 8.57. The molecule has 0 saturated carbocycles. The molecule has 1 amide bonds. The minimum atomic E-state index is -0.170. The minimum Gasteiger partial charge on any atom is -0.381 e. The lowest BCUT2D eigenvalue weighted by Crippen LogP contribution is -2.42. The van der Waals surface area contributed by atoms with Crippen LogP contribution in [0.4, 0.5) is 0 Å². The highest BCUT2D eigenvalue weighted by molar-refractivity contribution is 5.92. The Morgan fingerprint density at radius 3 is 3.08 bits per heavy atom. The Balaban J connectivity index is 1.41. The van der Waals surface area contributed by atoms with Crippen LogP contribution in [0.25, 0.3) is 0 Å². The van der Waals surface area contributed by atoms with Crippen molar-refractivity contribution in [2.75, 3.05) is 32.9 Å². The fourth-order valence-electron chi connectivity index (χ4n) is 3.35. The lowest BCUT2D eigenvalue weighted by Gasteiger charge is -2.32. The van der Waals surface area contributed by atoms with Crippen LogP contribution in [0.1, 0.15) is 28.7 Å². The Bertz CT molecular complexity index is 736. The van der Waals surface area contributed by atoms with Crippen LogP contribution in [0.5, 0.6) is 0 Å². The summed E-state index contributed by atoms with van der Waals surface area (Å²) in [6.07, 6.45) is 4.32. The van der Waals surface area contributed by atoms with Gasteiger partial charge < -0.3 is 14.4 Å². The van der Waals surface area contributed by atoms with E-state index in [2.05, 4.69) is 15.4 Å². The van der Waals surface area contributed by atoms with Crippen molar-refractivity contribution in [2.45, 2.75) is 19.1 Å². The van der Waals surface area contributed by atoms with E-state index in [1.165, 1.54) is 0 Å². The number of aryl methyl sites for hydroxylation is 1. The van der Waals surface area contributed by atoms with E-state index in [0.29, 0.717) is 31.3 Å². The standard InChI is InChI=1S/C16H22N6O3/c1-20-14(2-4-17-20)15-10-21(5-7-25-15)16(23)13-9-22(19-18-13)8-12-3-6-24-11-12/h2,4,9,12,15H,3,5-8,10-11H2,1H3. The zero-order chi connectivity index (χ0) is 17.2. The third kappa shape index (κ3) is 3.42. The summed E-state index contributed by atoms with van der Waals surface area (Å²) >= 11 is 0. The number of ether oxygens (including phenoxy) is 2. The zero-order valence-electron chi connectivity index (χ0n) is 14.2. The maximum absolute atomic E-state index is 12.8. The van der Waals surface area contributed by atoms with Crippen LogP contribution >= 0.6 is 0 Å². The molecule has 2 aromatic heterocycles. The van der Waals surface area contributed by atoms with E-state index in [1.54, 1.807) is 26.7 Å². The molecule has 25 heavy (non-hydrogen) atoms. The number of morpholine rings is 1. The number of carbonyl (C=O) groups excluding carboxylic acids is 1. The average Bonchev–Trinajstić information content (AvgIpc) is 3.37. The second-order valence-electron chi connectivity index (χ2n) is 6.55. The molecular weight excluding hydrogens is 324 g/mol. The summed E-state index contributed by atoms with van der Waals surface area (Å²) in [7, 11) is 1.87. The summed E-state index contributed by atoms with van der Waals surface area (Å²) in [5.41, 5.74) is 1.34. The molecular formula is C16H22N6O3. The van der Waals surface area contributed by atoms with Crippen molar-refractivity contribution in [1.29, 1.82) is 0 Å². The lowest BCUT2D eigenvalue weighted by atomic mass is 10.1. The smallest absolute Gasteiger partial charge is 0.276 e. The Hall–Kier alpha value is -2.26. The van der Waals surface area contributed by atoms with Gasteiger partial charge in [-0.3, -0.25) is 14.2 Å². The van der Waals surface area contributed by atoms with E-state index >= 15 is 0 Å². The molecule has 0 radical (unpaired) electrons. The first-order chi connectivity index (χ1) is 12.2. The lowest BCUT2D eigenvalue weighted by molar-refractivity contribution is -0.0265. The van der Waals surface area contributed by atoms with Crippen LogP contribution in [-0.4, -0.2) is 68.5 Å². The molecule has 134 valence electrons. The molecule has 2 aliphatic rings. The van der Waals surface area contributed by atoms with Crippen molar-refractivity contribution in [1.82, 2.24) is 29.7 Å². The van der Waals surface area contributed by atoms with Crippen molar-refractivity contribution in [3.63, 3.8) is 0 Å². The second kappa shape index (κ2) is 6.93. The molecule has 0 aromatic carbocycles. The highest BCUT2D eigenvalue weighted by Gasteiger charge is 2.29. The summed E-state index contributed by atoms with van der Waals surface area (Å²) in [5.74, 6) is 0.339.